The van der Waals surface area contributed by atoms with E-state index in [-0.39, 0.29) is 16.4 Å². The summed E-state index contributed by atoms with van der Waals surface area (Å²) in [7, 11) is -3.09. The Morgan fingerprint density at radius 3 is 2.57 bits per heavy atom. The van der Waals surface area contributed by atoms with Crippen molar-refractivity contribution in [2.75, 3.05) is 7.11 Å². The molecule has 2 aromatic rings. The molecule has 3 rings (SSSR count). The maximum absolute atomic E-state index is 12.3. The molecule has 0 heterocycles. The summed E-state index contributed by atoms with van der Waals surface area (Å²) in [6.07, 6.45) is 2.14. The highest BCUT2D eigenvalue weighted by molar-refractivity contribution is 7.86. The lowest BCUT2D eigenvalue weighted by atomic mass is 10.1. The van der Waals surface area contributed by atoms with Crippen molar-refractivity contribution in [3.8, 4) is 5.75 Å². The minimum Gasteiger partial charge on any atom is -0.495 e. The van der Waals surface area contributed by atoms with Crippen LogP contribution >= 0.6 is 0 Å². The molecule has 0 radical (unpaired) electrons. The van der Waals surface area contributed by atoms with Crippen LogP contribution in [0.25, 0.3) is 6.08 Å². The van der Waals surface area contributed by atoms with E-state index < -0.39 is 10.1 Å². The Hall–Kier alpha value is -2.44. The maximum atomic E-state index is 12.3. The highest BCUT2D eigenvalue weighted by Crippen LogP contribution is 2.30. The van der Waals surface area contributed by atoms with E-state index in [1.54, 1.807) is 18.2 Å². The zero-order chi connectivity index (χ0) is 16.6. The summed E-state index contributed by atoms with van der Waals surface area (Å²) in [6, 6.07) is 11.7. The van der Waals surface area contributed by atoms with Crippen molar-refractivity contribution >= 4 is 22.0 Å². The Balaban J connectivity index is 2.03. The number of fused-ring (bicyclic) bond motifs is 1. The van der Waals surface area contributed by atoms with Crippen molar-refractivity contribution in [3.05, 3.63) is 64.7 Å². The van der Waals surface area contributed by atoms with Gasteiger partial charge in [-0.25, -0.2) is 0 Å². The van der Waals surface area contributed by atoms with Gasteiger partial charge < -0.3 is 4.74 Å². The van der Waals surface area contributed by atoms with Crippen LogP contribution in [0.2, 0.25) is 0 Å². The van der Waals surface area contributed by atoms with Gasteiger partial charge in [0.05, 0.1) is 7.11 Å². The highest BCUT2D eigenvalue weighted by Gasteiger charge is 2.24. The van der Waals surface area contributed by atoms with E-state index in [4.69, 9.17) is 4.74 Å². The molecule has 1 aliphatic rings. The molecule has 0 spiro atoms. The number of carbonyl (C=O) groups excluding carboxylic acids is 1. The Kier molecular flexibility index (Phi) is 3.79. The van der Waals surface area contributed by atoms with Crippen LogP contribution in [0, 0.1) is 0 Å². The van der Waals surface area contributed by atoms with E-state index in [1.807, 2.05) is 18.2 Å². The van der Waals surface area contributed by atoms with Gasteiger partial charge in [-0.2, -0.15) is 8.42 Å². The van der Waals surface area contributed by atoms with Gasteiger partial charge in [0, 0.05) is 17.6 Å². The molecular formula is C17H14O5S. The van der Waals surface area contributed by atoms with Gasteiger partial charge in [-0.3, -0.25) is 9.35 Å². The molecule has 5 nitrogen and oxygen atoms in total. The Morgan fingerprint density at radius 1 is 1.17 bits per heavy atom. The molecule has 6 heteroatoms. The fourth-order valence-electron chi connectivity index (χ4n) is 2.66. The van der Waals surface area contributed by atoms with Crippen LogP contribution in [0.4, 0.5) is 0 Å². The van der Waals surface area contributed by atoms with Crippen LogP contribution in [0.1, 0.15) is 21.5 Å². The van der Waals surface area contributed by atoms with Gasteiger partial charge in [-0.1, -0.05) is 30.3 Å². The second-order valence-electron chi connectivity index (χ2n) is 5.22. The molecule has 1 N–H and O–H groups in total. The predicted octanol–water partition coefficient (Wildman–Crippen LogP) is 2.76. The van der Waals surface area contributed by atoms with Gasteiger partial charge in [0.2, 0.25) is 0 Å². The maximum Gasteiger partial charge on any atom is 0.298 e. The molecule has 0 saturated heterocycles. The summed E-state index contributed by atoms with van der Waals surface area (Å²) in [4.78, 5) is 12.0. The topological polar surface area (TPSA) is 80.7 Å². The monoisotopic (exact) mass is 330 g/mol. The van der Waals surface area contributed by atoms with Crippen LogP contribution in [-0.4, -0.2) is 25.9 Å². The first-order valence-corrected chi connectivity index (χ1v) is 8.33. The van der Waals surface area contributed by atoms with Crippen LogP contribution in [0.3, 0.4) is 0 Å². The van der Waals surface area contributed by atoms with E-state index in [1.165, 1.54) is 19.2 Å². The number of ether oxygens (including phenoxy) is 1. The number of allylic oxidation sites excluding steroid dienone is 1. The largest absolute Gasteiger partial charge is 0.495 e. The predicted molar refractivity (Wildman–Crippen MR) is 85.3 cm³/mol. The minimum absolute atomic E-state index is 0.0516. The molecule has 0 amide bonds. The third-order valence-electron chi connectivity index (χ3n) is 3.74. The van der Waals surface area contributed by atoms with Gasteiger partial charge in [0.1, 0.15) is 10.6 Å². The number of carbonyl (C=O) groups is 1. The van der Waals surface area contributed by atoms with Crippen molar-refractivity contribution in [2.24, 2.45) is 0 Å². The second kappa shape index (κ2) is 5.64. The number of ketones is 1. The lowest BCUT2D eigenvalue weighted by molar-refractivity contribution is 0.104. The van der Waals surface area contributed by atoms with Crippen LogP contribution in [0.15, 0.2) is 52.9 Å². The van der Waals surface area contributed by atoms with Crippen molar-refractivity contribution < 1.29 is 22.5 Å². The zero-order valence-electron chi connectivity index (χ0n) is 12.3. The summed E-state index contributed by atoms with van der Waals surface area (Å²) >= 11 is 0. The van der Waals surface area contributed by atoms with Crippen LogP contribution < -0.4 is 4.74 Å². The number of Topliss-reactive ketones (excluding diaryl/α,β-unsaturated/α-hetero) is 1. The van der Waals surface area contributed by atoms with E-state index in [0.717, 1.165) is 5.56 Å². The Labute approximate surface area is 134 Å². The molecule has 0 fully saturated rings. The molecule has 0 bridgehead atoms. The SMILES string of the molecule is COc1ccc(C=C2Cc3ccccc3C2=O)cc1S(=O)(=O)O. The average molecular weight is 330 g/mol. The standard InChI is InChI=1S/C17H14O5S/c1-22-15-7-6-11(9-16(15)23(19,20)21)8-13-10-12-4-2-3-5-14(12)17(13)18/h2-9H,10H2,1H3,(H,19,20,21). The lowest BCUT2D eigenvalue weighted by Crippen LogP contribution is -2.02. The summed E-state index contributed by atoms with van der Waals surface area (Å²) < 4.78 is 37.1. The molecule has 0 unspecified atom stereocenters. The number of hydrogen-bond donors (Lipinski definition) is 1. The molecule has 0 atom stereocenters. The first-order chi connectivity index (χ1) is 10.9. The normalized spacial score (nSPS) is 15.7. The quantitative estimate of drug-likeness (QED) is 0.691. The number of rotatable bonds is 3. The number of methoxy groups -OCH3 is 1. The van der Waals surface area contributed by atoms with Crippen molar-refractivity contribution in [1.29, 1.82) is 0 Å². The number of hydrogen-bond acceptors (Lipinski definition) is 4. The van der Waals surface area contributed by atoms with E-state index in [0.29, 0.717) is 23.1 Å². The average Bonchev–Trinajstić information content (AvgIpc) is 2.83. The molecule has 0 aliphatic heterocycles. The summed E-state index contributed by atoms with van der Waals surface area (Å²) in [6.45, 7) is 0. The van der Waals surface area contributed by atoms with E-state index in [9.17, 15) is 17.8 Å². The van der Waals surface area contributed by atoms with Crippen molar-refractivity contribution in [2.45, 2.75) is 11.3 Å². The smallest absolute Gasteiger partial charge is 0.298 e. The molecule has 0 saturated carbocycles. The number of benzene rings is 2. The third-order valence-corrected chi connectivity index (χ3v) is 4.62. The third kappa shape index (κ3) is 2.91. The van der Waals surface area contributed by atoms with Crippen molar-refractivity contribution in [1.82, 2.24) is 0 Å². The van der Waals surface area contributed by atoms with Gasteiger partial charge >= 0.3 is 0 Å². The van der Waals surface area contributed by atoms with E-state index >= 15 is 0 Å². The first kappa shape index (κ1) is 15.5. The summed E-state index contributed by atoms with van der Waals surface area (Å²) in [5.74, 6) is -0.0134. The van der Waals surface area contributed by atoms with Gasteiger partial charge in [0.15, 0.2) is 5.78 Å². The molecule has 2 aromatic carbocycles. The molecule has 1 aliphatic carbocycles. The van der Waals surface area contributed by atoms with Crippen molar-refractivity contribution in [3.63, 3.8) is 0 Å². The molecule has 0 aromatic heterocycles. The van der Waals surface area contributed by atoms with Gasteiger partial charge in [-0.15, -0.1) is 0 Å². The van der Waals surface area contributed by atoms with Gasteiger partial charge in [-0.05, 0) is 29.3 Å². The molecule has 23 heavy (non-hydrogen) atoms. The fourth-order valence-corrected chi connectivity index (χ4v) is 3.35. The first-order valence-electron chi connectivity index (χ1n) is 6.89. The molecule has 118 valence electrons. The minimum atomic E-state index is -4.41. The summed E-state index contributed by atoms with van der Waals surface area (Å²) in [5, 5.41) is 0. The lowest BCUT2D eigenvalue weighted by Gasteiger charge is -2.07. The fraction of sp³-hybridized carbons (Fsp3) is 0.118. The zero-order valence-corrected chi connectivity index (χ0v) is 13.1. The van der Waals surface area contributed by atoms with E-state index in [2.05, 4.69) is 0 Å². The Bertz CT molecular complexity index is 926. The second-order valence-corrected chi connectivity index (χ2v) is 6.61. The van der Waals surface area contributed by atoms with Gasteiger partial charge in [0.25, 0.3) is 10.1 Å². The Morgan fingerprint density at radius 2 is 1.91 bits per heavy atom. The van der Waals surface area contributed by atoms with Crippen LogP contribution in [-0.2, 0) is 16.5 Å². The molecular weight excluding hydrogens is 316 g/mol. The highest BCUT2D eigenvalue weighted by atomic mass is 32.2. The summed E-state index contributed by atoms with van der Waals surface area (Å²) in [5.41, 5.74) is 2.71. The van der Waals surface area contributed by atoms with Crippen LogP contribution in [0.5, 0.6) is 5.75 Å².